The van der Waals surface area contributed by atoms with E-state index in [1.165, 1.54) is 6.08 Å². The number of alkyl halides is 1. The molecule has 0 aliphatic rings. The summed E-state index contributed by atoms with van der Waals surface area (Å²) in [5.41, 5.74) is 5.58. The van der Waals surface area contributed by atoms with Gasteiger partial charge >= 0.3 is 0 Å². The van der Waals surface area contributed by atoms with Crippen LogP contribution in [0.4, 0.5) is 8.78 Å². The first-order chi connectivity index (χ1) is 4.16. The SMILES string of the molecule is C/C(N)=C\C=C(\F)CF. The van der Waals surface area contributed by atoms with Gasteiger partial charge in [0.15, 0.2) is 0 Å². The zero-order valence-corrected chi connectivity index (χ0v) is 5.20. The summed E-state index contributed by atoms with van der Waals surface area (Å²) in [6, 6.07) is 0. The van der Waals surface area contributed by atoms with Crippen LogP contribution in [-0.2, 0) is 0 Å². The Kier molecular flexibility index (Phi) is 3.67. The Morgan fingerprint density at radius 3 is 2.44 bits per heavy atom. The van der Waals surface area contributed by atoms with E-state index in [1.54, 1.807) is 6.92 Å². The molecule has 0 bridgehead atoms. The van der Waals surface area contributed by atoms with E-state index in [4.69, 9.17) is 5.73 Å². The Labute approximate surface area is 52.9 Å². The summed E-state index contributed by atoms with van der Waals surface area (Å²) in [7, 11) is 0. The fourth-order valence-electron chi connectivity index (χ4n) is 0.266. The van der Waals surface area contributed by atoms with Crippen LogP contribution in [-0.4, -0.2) is 6.67 Å². The van der Waals surface area contributed by atoms with Gasteiger partial charge in [0.25, 0.3) is 0 Å². The molecule has 0 aliphatic heterocycles. The van der Waals surface area contributed by atoms with E-state index < -0.39 is 12.5 Å². The van der Waals surface area contributed by atoms with Crippen LogP contribution in [0, 0.1) is 0 Å². The zero-order chi connectivity index (χ0) is 7.28. The molecule has 1 nitrogen and oxygen atoms in total. The maximum Gasteiger partial charge on any atom is 0.141 e. The highest BCUT2D eigenvalue weighted by Crippen LogP contribution is 1.96. The van der Waals surface area contributed by atoms with Crippen LogP contribution in [0.3, 0.4) is 0 Å². The van der Waals surface area contributed by atoms with Gasteiger partial charge in [-0.05, 0) is 19.1 Å². The van der Waals surface area contributed by atoms with Gasteiger partial charge in [0.2, 0.25) is 0 Å². The molecule has 0 spiro atoms. The summed E-state index contributed by atoms with van der Waals surface area (Å²) >= 11 is 0. The number of rotatable bonds is 2. The predicted molar refractivity (Wildman–Crippen MR) is 33.1 cm³/mol. The van der Waals surface area contributed by atoms with Crippen molar-refractivity contribution in [3.63, 3.8) is 0 Å². The van der Waals surface area contributed by atoms with Crippen LogP contribution in [0.2, 0.25) is 0 Å². The molecule has 0 heterocycles. The molecule has 0 radical (unpaired) electrons. The van der Waals surface area contributed by atoms with Crippen LogP contribution in [0.15, 0.2) is 23.7 Å². The van der Waals surface area contributed by atoms with Crippen molar-refractivity contribution in [2.75, 3.05) is 6.67 Å². The van der Waals surface area contributed by atoms with Gasteiger partial charge in [0, 0.05) is 5.70 Å². The molecule has 0 saturated carbocycles. The van der Waals surface area contributed by atoms with Gasteiger partial charge in [-0.3, -0.25) is 0 Å². The molecule has 0 fully saturated rings. The smallest absolute Gasteiger partial charge is 0.141 e. The normalized spacial score (nSPS) is 14.1. The van der Waals surface area contributed by atoms with Gasteiger partial charge in [0.1, 0.15) is 12.5 Å². The predicted octanol–water partition coefficient (Wildman–Crippen LogP) is 1.67. The Hall–Kier alpha value is -0.860. The van der Waals surface area contributed by atoms with Crippen molar-refractivity contribution < 1.29 is 8.78 Å². The molecule has 2 N–H and O–H groups in total. The van der Waals surface area contributed by atoms with Gasteiger partial charge in [0.05, 0.1) is 0 Å². The van der Waals surface area contributed by atoms with Gasteiger partial charge in [-0.1, -0.05) is 0 Å². The van der Waals surface area contributed by atoms with E-state index in [0.717, 1.165) is 6.08 Å². The second kappa shape index (κ2) is 4.06. The third-order valence-electron chi connectivity index (χ3n) is 0.655. The number of halogens is 2. The highest BCUT2D eigenvalue weighted by atomic mass is 19.2. The third-order valence-corrected chi connectivity index (χ3v) is 0.655. The van der Waals surface area contributed by atoms with Crippen LogP contribution in [0.5, 0.6) is 0 Å². The lowest BCUT2D eigenvalue weighted by molar-refractivity contribution is 0.459. The standard InChI is InChI=1S/C6H9F2N/c1-5(9)2-3-6(8)4-7/h2-3H,4,9H2,1H3/b5-2+,6-3+. The van der Waals surface area contributed by atoms with Gasteiger partial charge in [-0.25, -0.2) is 8.78 Å². The molecule has 0 aliphatic carbocycles. The summed E-state index contributed by atoms with van der Waals surface area (Å²) in [6.07, 6.45) is 2.32. The van der Waals surface area contributed by atoms with Crippen LogP contribution < -0.4 is 5.73 Å². The fraction of sp³-hybridized carbons (Fsp3) is 0.333. The number of hydrogen-bond donors (Lipinski definition) is 1. The minimum atomic E-state index is -1.07. The van der Waals surface area contributed by atoms with Crippen LogP contribution in [0.1, 0.15) is 6.92 Å². The molecule has 0 amide bonds. The van der Waals surface area contributed by atoms with Crippen molar-refractivity contribution >= 4 is 0 Å². The molecular weight excluding hydrogens is 124 g/mol. The molecule has 0 saturated heterocycles. The van der Waals surface area contributed by atoms with E-state index in [0.29, 0.717) is 5.70 Å². The largest absolute Gasteiger partial charge is 0.402 e. The first-order valence-electron chi connectivity index (χ1n) is 2.51. The monoisotopic (exact) mass is 133 g/mol. The maximum atomic E-state index is 11.9. The Bertz CT molecular complexity index is 134. The van der Waals surface area contributed by atoms with Crippen molar-refractivity contribution in [1.82, 2.24) is 0 Å². The average molecular weight is 133 g/mol. The summed E-state index contributed by atoms with van der Waals surface area (Å²) in [5.74, 6) is -0.806. The fourth-order valence-corrected chi connectivity index (χ4v) is 0.266. The van der Waals surface area contributed by atoms with Gasteiger partial charge in [-0.15, -0.1) is 0 Å². The summed E-state index contributed by atoms with van der Waals surface area (Å²) in [5, 5.41) is 0. The van der Waals surface area contributed by atoms with Crippen molar-refractivity contribution in [1.29, 1.82) is 0 Å². The first-order valence-corrected chi connectivity index (χ1v) is 2.51. The average Bonchev–Trinajstić information content (AvgIpc) is 1.83. The maximum absolute atomic E-state index is 11.9. The quantitative estimate of drug-likeness (QED) is 0.570. The number of hydrogen-bond acceptors (Lipinski definition) is 1. The van der Waals surface area contributed by atoms with E-state index >= 15 is 0 Å². The van der Waals surface area contributed by atoms with E-state index in [2.05, 4.69) is 0 Å². The first kappa shape index (κ1) is 8.14. The second-order valence-corrected chi connectivity index (χ2v) is 1.66. The molecule has 0 aromatic carbocycles. The van der Waals surface area contributed by atoms with Crippen molar-refractivity contribution in [3.8, 4) is 0 Å². The molecular formula is C6H9F2N. The molecule has 0 aromatic rings. The van der Waals surface area contributed by atoms with Gasteiger partial charge in [-0.2, -0.15) is 0 Å². The molecule has 0 atom stereocenters. The van der Waals surface area contributed by atoms with Crippen LogP contribution >= 0.6 is 0 Å². The third kappa shape index (κ3) is 5.00. The lowest BCUT2D eigenvalue weighted by atomic mass is 10.4. The second-order valence-electron chi connectivity index (χ2n) is 1.66. The topological polar surface area (TPSA) is 26.0 Å². The Morgan fingerprint density at radius 2 is 2.11 bits per heavy atom. The summed E-state index contributed by atoms with van der Waals surface area (Å²) in [6.45, 7) is 0.534. The highest BCUT2D eigenvalue weighted by molar-refractivity contribution is 5.10. The van der Waals surface area contributed by atoms with E-state index in [1.807, 2.05) is 0 Å². The van der Waals surface area contributed by atoms with Gasteiger partial charge < -0.3 is 5.73 Å². The summed E-state index contributed by atoms with van der Waals surface area (Å²) in [4.78, 5) is 0. The molecule has 0 aromatic heterocycles. The molecule has 0 unspecified atom stereocenters. The molecule has 52 valence electrons. The summed E-state index contributed by atoms with van der Waals surface area (Å²) < 4.78 is 23.2. The number of allylic oxidation sites excluding steroid dienone is 4. The Morgan fingerprint density at radius 1 is 1.56 bits per heavy atom. The Balaban J connectivity index is 3.83. The molecule has 3 heteroatoms. The van der Waals surface area contributed by atoms with Crippen molar-refractivity contribution in [3.05, 3.63) is 23.7 Å². The van der Waals surface area contributed by atoms with Crippen molar-refractivity contribution in [2.45, 2.75) is 6.92 Å². The molecule has 9 heavy (non-hydrogen) atoms. The van der Waals surface area contributed by atoms with E-state index in [-0.39, 0.29) is 0 Å². The van der Waals surface area contributed by atoms with E-state index in [9.17, 15) is 8.78 Å². The molecule has 0 rings (SSSR count). The lowest BCUT2D eigenvalue weighted by Gasteiger charge is -1.84. The zero-order valence-electron chi connectivity index (χ0n) is 5.20. The van der Waals surface area contributed by atoms with Crippen molar-refractivity contribution in [2.24, 2.45) is 5.73 Å². The lowest BCUT2D eigenvalue weighted by Crippen LogP contribution is -1.88. The number of nitrogens with two attached hydrogens (primary N) is 1. The van der Waals surface area contributed by atoms with Crippen LogP contribution in [0.25, 0.3) is 0 Å². The minimum Gasteiger partial charge on any atom is -0.402 e. The minimum absolute atomic E-state index is 0.457. The highest BCUT2D eigenvalue weighted by Gasteiger charge is 1.86.